The van der Waals surface area contributed by atoms with Crippen LogP contribution >= 0.6 is 15.9 Å². The van der Waals surface area contributed by atoms with E-state index < -0.39 is 17.3 Å². The Kier molecular flexibility index (Phi) is 2.53. The highest BCUT2D eigenvalue weighted by Crippen LogP contribution is 2.38. The number of halogens is 4. The van der Waals surface area contributed by atoms with Crippen molar-refractivity contribution in [3.05, 3.63) is 44.7 Å². The first-order valence-corrected chi connectivity index (χ1v) is 5.07. The van der Waals surface area contributed by atoms with Crippen molar-refractivity contribution in [2.45, 2.75) is 6.18 Å². The SMILES string of the molecule is O=c1ccc2c(C(F)(F)F)c(Br)ccc2[nH]1. The summed E-state index contributed by atoms with van der Waals surface area (Å²) in [7, 11) is 0. The number of benzene rings is 1. The van der Waals surface area contributed by atoms with Gasteiger partial charge in [0, 0.05) is 21.4 Å². The minimum Gasteiger partial charge on any atom is -0.322 e. The molecule has 0 bridgehead atoms. The smallest absolute Gasteiger partial charge is 0.322 e. The molecule has 1 N–H and O–H groups in total. The molecule has 0 aliphatic rings. The summed E-state index contributed by atoms with van der Waals surface area (Å²) in [5, 5.41) is -0.0264. The monoisotopic (exact) mass is 291 g/mol. The van der Waals surface area contributed by atoms with Crippen molar-refractivity contribution in [3.8, 4) is 0 Å². The molecule has 2 aromatic rings. The van der Waals surface area contributed by atoms with E-state index in [4.69, 9.17) is 0 Å². The highest BCUT2D eigenvalue weighted by molar-refractivity contribution is 9.10. The fourth-order valence-corrected chi connectivity index (χ4v) is 2.07. The van der Waals surface area contributed by atoms with E-state index in [2.05, 4.69) is 20.9 Å². The van der Waals surface area contributed by atoms with Gasteiger partial charge < -0.3 is 4.98 Å². The average molecular weight is 292 g/mol. The molecule has 0 amide bonds. The molecule has 0 unspecified atom stereocenters. The van der Waals surface area contributed by atoms with Crippen LogP contribution in [0.2, 0.25) is 0 Å². The van der Waals surface area contributed by atoms with Crippen LogP contribution in [0.3, 0.4) is 0 Å². The van der Waals surface area contributed by atoms with Gasteiger partial charge in [-0.2, -0.15) is 13.2 Å². The van der Waals surface area contributed by atoms with Gasteiger partial charge >= 0.3 is 6.18 Å². The van der Waals surface area contributed by atoms with E-state index in [0.29, 0.717) is 0 Å². The Balaban J connectivity index is 2.91. The number of H-pyrrole nitrogens is 1. The lowest BCUT2D eigenvalue weighted by atomic mass is 10.1. The molecule has 0 saturated carbocycles. The number of alkyl halides is 3. The predicted molar refractivity (Wildman–Crippen MR) is 57.3 cm³/mol. The molecular weight excluding hydrogens is 287 g/mol. The number of fused-ring (bicyclic) bond motifs is 1. The number of pyridine rings is 1. The maximum absolute atomic E-state index is 12.8. The van der Waals surface area contributed by atoms with E-state index in [0.717, 1.165) is 6.07 Å². The fourth-order valence-electron chi connectivity index (χ4n) is 1.50. The molecule has 0 spiro atoms. The normalized spacial score (nSPS) is 12.0. The van der Waals surface area contributed by atoms with Gasteiger partial charge in [0.05, 0.1) is 5.56 Å². The third-order valence-corrected chi connectivity index (χ3v) is 2.80. The summed E-state index contributed by atoms with van der Waals surface area (Å²) in [4.78, 5) is 13.3. The van der Waals surface area contributed by atoms with Gasteiger partial charge in [0.2, 0.25) is 5.56 Å². The summed E-state index contributed by atoms with van der Waals surface area (Å²) in [6, 6.07) is 4.93. The van der Waals surface area contributed by atoms with Gasteiger partial charge in [0.1, 0.15) is 0 Å². The zero-order valence-corrected chi connectivity index (χ0v) is 9.32. The quantitative estimate of drug-likeness (QED) is 0.794. The van der Waals surface area contributed by atoms with E-state index in [9.17, 15) is 18.0 Å². The van der Waals surface area contributed by atoms with Crippen molar-refractivity contribution in [1.82, 2.24) is 4.98 Å². The van der Waals surface area contributed by atoms with Crippen LogP contribution in [-0.2, 0) is 6.18 Å². The van der Waals surface area contributed by atoms with Gasteiger partial charge in [-0.15, -0.1) is 0 Å². The first-order valence-electron chi connectivity index (χ1n) is 4.28. The molecule has 2 rings (SSSR count). The van der Waals surface area contributed by atoms with E-state index in [-0.39, 0.29) is 15.4 Å². The van der Waals surface area contributed by atoms with Gasteiger partial charge in [0.15, 0.2) is 0 Å². The minimum absolute atomic E-state index is 0.0264. The van der Waals surface area contributed by atoms with Crippen molar-refractivity contribution in [3.63, 3.8) is 0 Å². The lowest BCUT2D eigenvalue weighted by Gasteiger charge is -2.11. The number of aromatic nitrogens is 1. The molecule has 0 atom stereocenters. The van der Waals surface area contributed by atoms with Gasteiger partial charge in [-0.1, -0.05) is 15.9 Å². The standard InChI is InChI=1S/C10H5BrF3NO/c11-6-2-3-7-5(1-4-8(16)15-7)9(6)10(12,13)14/h1-4H,(H,15,16). The van der Waals surface area contributed by atoms with Crippen molar-refractivity contribution in [2.24, 2.45) is 0 Å². The van der Waals surface area contributed by atoms with Crippen LogP contribution in [0.1, 0.15) is 5.56 Å². The molecule has 2 nitrogen and oxygen atoms in total. The maximum atomic E-state index is 12.8. The number of aromatic amines is 1. The van der Waals surface area contributed by atoms with Crippen LogP contribution < -0.4 is 5.56 Å². The van der Waals surface area contributed by atoms with Crippen LogP contribution in [0.25, 0.3) is 10.9 Å². The summed E-state index contributed by atoms with van der Waals surface area (Å²) < 4.78 is 38.2. The Morgan fingerprint density at radius 2 is 1.81 bits per heavy atom. The molecule has 0 fully saturated rings. The maximum Gasteiger partial charge on any atom is 0.418 e. The van der Waals surface area contributed by atoms with Crippen molar-refractivity contribution in [1.29, 1.82) is 0 Å². The van der Waals surface area contributed by atoms with E-state index >= 15 is 0 Å². The molecule has 0 aliphatic heterocycles. The topological polar surface area (TPSA) is 32.9 Å². The first kappa shape index (κ1) is 11.2. The average Bonchev–Trinajstić information content (AvgIpc) is 2.16. The van der Waals surface area contributed by atoms with Crippen LogP contribution in [-0.4, -0.2) is 4.98 Å². The van der Waals surface area contributed by atoms with Crippen molar-refractivity contribution in [2.75, 3.05) is 0 Å². The lowest BCUT2D eigenvalue weighted by Crippen LogP contribution is -2.10. The third-order valence-electron chi connectivity index (χ3n) is 2.14. The lowest BCUT2D eigenvalue weighted by molar-refractivity contribution is -0.136. The van der Waals surface area contributed by atoms with Crippen molar-refractivity contribution < 1.29 is 13.2 Å². The Morgan fingerprint density at radius 3 is 2.44 bits per heavy atom. The van der Waals surface area contributed by atoms with Crippen LogP contribution in [0.4, 0.5) is 13.2 Å². The molecule has 0 radical (unpaired) electrons. The summed E-state index contributed by atoms with van der Waals surface area (Å²) in [5.41, 5.74) is -1.03. The molecule has 1 aromatic carbocycles. The number of hydrogen-bond donors (Lipinski definition) is 1. The predicted octanol–water partition coefficient (Wildman–Crippen LogP) is 3.31. The minimum atomic E-state index is -4.46. The van der Waals surface area contributed by atoms with Gasteiger partial charge in [-0.05, 0) is 18.2 Å². The number of hydrogen-bond acceptors (Lipinski definition) is 1. The zero-order chi connectivity index (χ0) is 11.9. The second-order valence-corrected chi connectivity index (χ2v) is 4.06. The first-order chi connectivity index (χ1) is 7.39. The molecular formula is C10H5BrF3NO. The third kappa shape index (κ3) is 1.84. The zero-order valence-electron chi connectivity index (χ0n) is 7.73. The highest BCUT2D eigenvalue weighted by atomic mass is 79.9. The second-order valence-electron chi connectivity index (χ2n) is 3.20. The molecule has 84 valence electrons. The summed E-state index contributed by atoms with van der Waals surface area (Å²) in [6.07, 6.45) is -4.46. The molecule has 0 aliphatic carbocycles. The number of nitrogens with one attached hydrogen (secondary N) is 1. The largest absolute Gasteiger partial charge is 0.418 e. The molecule has 0 saturated heterocycles. The van der Waals surface area contributed by atoms with E-state index in [1.807, 2.05) is 0 Å². The molecule has 16 heavy (non-hydrogen) atoms. The van der Waals surface area contributed by atoms with Gasteiger partial charge in [-0.25, -0.2) is 0 Å². The Labute approximate surface area is 96.2 Å². The summed E-state index contributed by atoms with van der Waals surface area (Å²) >= 11 is 2.86. The van der Waals surface area contributed by atoms with Crippen LogP contribution in [0.5, 0.6) is 0 Å². The number of rotatable bonds is 0. The van der Waals surface area contributed by atoms with Crippen LogP contribution in [0, 0.1) is 0 Å². The van der Waals surface area contributed by atoms with Crippen LogP contribution in [0.15, 0.2) is 33.5 Å². The highest BCUT2D eigenvalue weighted by Gasteiger charge is 2.35. The Hall–Kier alpha value is -1.30. The summed E-state index contributed by atoms with van der Waals surface area (Å²) in [5.74, 6) is 0. The van der Waals surface area contributed by atoms with Gasteiger partial charge in [-0.3, -0.25) is 4.79 Å². The Bertz CT molecular complexity index is 603. The Morgan fingerprint density at radius 1 is 1.12 bits per heavy atom. The molecule has 1 aromatic heterocycles. The second kappa shape index (κ2) is 3.62. The summed E-state index contributed by atoms with van der Waals surface area (Å²) in [6.45, 7) is 0. The fraction of sp³-hybridized carbons (Fsp3) is 0.100. The molecule has 1 heterocycles. The van der Waals surface area contributed by atoms with Gasteiger partial charge in [0.25, 0.3) is 0 Å². The molecule has 6 heteroatoms. The van der Waals surface area contributed by atoms with Crippen molar-refractivity contribution >= 4 is 26.8 Å². The van der Waals surface area contributed by atoms with E-state index in [1.165, 1.54) is 18.2 Å². The van der Waals surface area contributed by atoms with E-state index in [1.54, 1.807) is 0 Å².